The molecule has 6 nitrogen and oxygen atoms in total. The summed E-state index contributed by atoms with van der Waals surface area (Å²) >= 11 is 0. The maximum Gasteiger partial charge on any atom is 0.339 e. The third kappa shape index (κ3) is 2.51. The zero-order valence-corrected chi connectivity index (χ0v) is 9.04. The van der Waals surface area contributed by atoms with E-state index in [9.17, 15) is 13.2 Å². The van der Waals surface area contributed by atoms with E-state index in [-0.39, 0.29) is 10.5 Å². The summed E-state index contributed by atoms with van der Waals surface area (Å²) in [4.78, 5) is 14.7. The molecule has 0 spiro atoms. The Bertz CT molecular complexity index is 469. The number of pyridine rings is 1. The second kappa shape index (κ2) is 4.37. The van der Waals surface area contributed by atoms with E-state index in [1.807, 2.05) is 0 Å². The van der Waals surface area contributed by atoms with Crippen LogP contribution < -0.4 is 4.72 Å². The van der Waals surface area contributed by atoms with Crippen LogP contribution in [-0.2, 0) is 14.8 Å². The molecule has 1 N–H and O–H groups in total. The van der Waals surface area contributed by atoms with E-state index in [1.54, 1.807) is 0 Å². The van der Waals surface area contributed by atoms with Crippen LogP contribution in [0.1, 0.15) is 10.4 Å². The Morgan fingerprint density at radius 1 is 1.47 bits per heavy atom. The highest BCUT2D eigenvalue weighted by Gasteiger charge is 2.14. The van der Waals surface area contributed by atoms with Crippen molar-refractivity contribution in [3.63, 3.8) is 0 Å². The summed E-state index contributed by atoms with van der Waals surface area (Å²) in [6, 6.07) is 1.20. The normalized spacial score (nSPS) is 11.1. The molecule has 0 aromatic carbocycles. The number of methoxy groups -OCH3 is 1. The molecule has 0 bridgehead atoms. The average molecular weight is 230 g/mol. The maximum absolute atomic E-state index is 11.4. The first-order valence-electron chi connectivity index (χ1n) is 3.98. The molecule has 82 valence electrons. The van der Waals surface area contributed by atoms with Crippen LogP contribution in [0.5, 0.6) is 0 Å². The van der Waals surface area contributed by atoms with Gasteiger partial charge < -0.3 is 4.74 Å². The number of hydrogen-bond donors (Lipinski definition) is 1. The van der Waals surface area contributed by atoms with E-state index >= 15 is 0 Å². The highest BCUT2D eigenvalue weighted by molar-refractivity contribution is 7.89. The van der Waals surface area contributed by atoms with Crippen molar-refractivity contribution in [1.82, 2.24) is 9.71 Å². The third-order valence-electron chi connectivity index (χ3n) is 1.71. The van der Waals surface area contributed by atoms with Gasteiger partial charge in [0.05, 0.1) is 12.7 Å². The number of rotatable bonds is 3. The van der Waals surface area contributed by atoms with Crippen LogP contribution in [0.4, 0.5) is 0 Å². The fourth-order valence-electron chi connectivity index (χ4n) is 0.913. The highest BCUT2D eigenvalue weighted by Crippen LogP contribution is 2.09. The molecule has 0 fully saturated rings. The number of carbonyl (C=O) groups excluding carboxylic acids is 1. The second-order valence-corrected chi connectivity index (χ2v) is 4.49. The van der Waals surface area contributed by atoms with Crippen molar-refractivity contribution in [2.45, 2.75) is 4.90 Å². The van der Waals surface area contributed by atoms with Crippen LogP contribution in [-0.4, -0.2) is 33.5 Å². The minimum absolute atomic E-state index is 0.0760. The van der Waals surface area contributed by atoms with E-state index in [0.29, 0.717) is 0 Å². The summed E-state index contributed by atoms with van der Waals surface area (Å²) < 4.78 is 29.3. The van der Waals surface area contributed by atoms with Crippen LogP contribution in [0.2, 0.25) is 0 Å². The summed E-state index contributed by atoms with van der Waals surface area (Å²) in [7, 11) is -1.09. The number of ether oxygens (including phenoxy) is 1. The van der Waals surface area contributed by atoms with Gasteiger partial charge in [-0.05, 0) is 13.1 Å². The van der Waals surface area contributed by atoms with Gasteiger partial charge in [-0.3, -0.25) is 4.98 Å². The number of esters is 1. The van der Waals surface area contributed by atoms with Gasteiger partial charge in [-0.2, -0.15) is 0 Å². The molecule has 15 heavy (non-hydrogen) atoms. The monoisotopic (exact) mass is 230 g/mol. The molecule has 0 unspecified atom stereocenters. The lowest BCUT2D eigenvalue weighted by molar-refractivity contribution is 0.0600. The molecule has 0 aliphatic carbocycles. The smallest absolute Gasteiger partial charge is 0.339 e. The molecule has 0 atom stereocenters. The molecule has 1 heterocycles. The van der Waals surface area contributed by atoms with Crippen molar-refractivity contribution in [3.05, 3.63) is 24.0 Å². The van der Waals surface area contributed by atoms with E-state index in [2.05, 4.69) is 14.4 Å². The minimum atomic E-state index is -3.58. The molecule has 0 amide bonds. The van der Waals surface area contributed by atoms with Crippen molar-refractivity contribution in [2.24, 2.45) is 0 Å². The number of sulfonamides is 1. The predicted octanol–water partition coefficient (Wildman–Crippen LogP) is -0.224. The van der Waals surface area contributed by atoms with Crippen LogP contribution >= 0.6 is 0 Å². The molecule has 1 aromatic heterocycles. The first-order chi connectivity index (χ1) is 7.01. The van der Waals surface area contributed by atoms with Crippen molar-refractivity contribution in [3.8, 4) is 0 Å². The standard InChI is InChI=1S/C8H10N2O4S/c1-9-15(12,13)7-3-6(4-10-5-7)8(11)14-2/h3-5,9H,1-2H3. The van der Waals surface area contributed by atoms with Gasteiger partial charge in [-0.15, -0.1) is 0 Å². The van der Waals surface area contributed by atoms with Crippen molar-refractivity contribution in [2.75, 3.05) is 14.2 Å². The first-order valence-corrected chi connectivity index (χ1v) is 5.46. The Kier molecular flexibility index (Phi) is 3.38. The molecule has 0 aliphatic heterocycles. The van der Waals surface area contributed by atoms with Crippen molar-refractivity contribution in [1.29, 1.82) is 0 Å². The number of nitrogens with one attached hydrogen (secondary N) is 1. The summed E-state index contributed by atoms with van der Waals surface area (Å²) in [5.74, 6) is -0.629. The third-order valence-corrected chi connectivity index (χ3v) is 3.09. The molecule has 0 saturated heterocycles. The van der Waals surface area contributed by atoms with Gasteiger partial charge in [0.15, 0.2) is 0 Å². The predicted molar refractivity (Wildman–Crippen MR) is 51.8 cm³/mol. The number of nitrogens with zero attached hydrogens (tertiary/aromatic N) is 1. The lowest BCUT2D eigenvalue weighted by Crippen LogP contribution is -2.19. The van der Waals surface area contributed by atoms with Gasteiger partial charge in [-0.25, -0.2) is 17.9 Å². The molecule has 1 aromatic rings. The SMILES string of the molecule is CNS(=O)(=O)c1cncc(C(=O)OC)c1. The van der Waals surface area contributed by atoms with Gasteiger partial charge in [-0.1, -0.05) is 0 Å². The van der Waals surface area contributed by atoms with Crippen molar-refractivity contribution >= 4 is 16.0 Å². The average Bonchev–Trinajstić information content (AvgIpc) is 2.28. The molecular formula is C8H10N2O4S. The molecule has 0 aliphatic rings. The topological polar surface area (TPSA) is 85.4 Å². The Morgan fingerprint density at radius 3 is 2.67 bits per heavy atom. The van der Waals surface area contributed by atoms with Gasteiger partial charge in [0, 0.05) is 12.4 Å². The molecule has 7 heteroatoms. The molecule has 1 rings (SSSR count). The quantitative estimate of drug-likeness (QED) is 0.725. The fourth-order valence-corrected chi connectivity index (χ4v) is 1.63. The highest BCUT2D eigenvalue weighted by atomic mass is 32.2. The Balaban J connectivity index is 3.20. The lowest BCUT2D eigenvalue weighted by Gasteiger charge is -2.03. The first kappa shape index (κ1) is 11.6. The Labute approximate surface area is 87.3 Å². The van der Waals surface area contributed by atoms with Gasteiger partial charge in [0.1, 0.15) is 4.90 Å². The van der Waals surface area contributed by atoms with E-state index < -0.39 is 16.0 Å². The van der Waals surface area contributed by atoms with Gasteiger partial charge in [0.2, 0.25) is 10.0 Å². The largest absolute Gasteiger partial charge is 0.465 e. The number of hydrogen-bond acceptors (Lipinski definition) is 5. The molecular weight excluding hydrogens is 220 g/mol. The van der Waals surface area contributed by atoms with Gasteiger partial charge >= 0.3 is 5.97 Å². The van der Waals surface area contributed by atoms with Crippen molar-refractivity contribution < 1.29 is 17.9 Å². The van der Waals surface area contributed by atoms with Crippen LogP contribution in [0.15, 0.2) is 23.4 Å². The number of carbonyl (C=O) groups is 1. The zero-order valence-electron chi connectivity index (χ0n) is 8.22. The second-order valence-electron chi connectivity index (χ2n) is 2.61. The summed E-state index contributed by atoms with van der Waals surface area (Å²) in [5, 5.41) is 0. The van der Waals surface area contributed by atoms with E-state index in [1.165, 1.54) is 26.4 Å². The summed E-state index contributed by atoms with van der Waals surface area (Å²) in [6.07, 6.45) is 2.39. The Hall–Kier alpha value is -1.47. The minimum Gasteiger partial charge on any atom is -0.465 e. The van der Waals surface area contributed by atoms with E-state index in [0.717, 1.165) is 6.20 Å². The Morgan fingerprint density at radius 2 is 2.13 bits per heavy atom. The van der Waals surface area contributed by atoms with Gasteiger partial charge in [0.25, 0.3) is 0 Å². The summed E-state index contributed by atoms with van der Waals surface area (Å²) in [6.45, 7) is 0. The molecule has 0 saturated carbocycles. The summed E-state index contributed by atoms with van der Waals surface area (Å²) in [5.41, 5.74) is 0.0915. The van der Waals surface area contributed by atoms with Crippen LogP contribution in [0.25, 0.3) is 0 Å². The lowest BCUT2D eigenvalue weighted by atomic mass is 10.3. The van der Waals surface area contributed by atoms with Crippen LogP contribution in [0.3, 0.4) is 0 Å². The van der Waals surface area contributed by atoms with E-state index in [4.69, 9.17) is 0 Å². The fraction of sp³-hybridized carbons (Fsp3) is 0.250. The molecule has 0 radical (unpaired) electrons. The maximum atomic E-state index is 11.4. The number of aromatic nitrogens is 1. The van der Waals surface area contributed by atoms with Crippen LogP contribution in [0, 0.1) is 0 Å². The zero-order chi connectivity index (χ0) is 11.5.